The second-order valence-electron chi connectivity index (χ2n) is 4.80. The monoisotopic (exact) mass is 330 g/mol. The third-order valence-corrected chi connectivity index (χ3v) is 3.35. The molecule has 0 amide bonds. The third kappa shape index (κ3) is 4.04. The van der Waals surface area contributed by atoms with Crippen LogP contribution in [0.5, 0.6) is 17.2 Å². The minimum atomic E-state index is -0.602. The first-order valence-electron chi connectivity index (χ1n) is 7.15. The van der Waals surface area contributed by atoms with Crippen LogP contribution in [0, 0.1) is 0 Å². The van der Waals surface area contributed by atoms with E-state index in [0.29, 0.717) is 28.4 Å². The lowest BCUT2D eigenvalue weighted by molar-refractivity contribution is 0.0473. The van der Waals surface area contributed by atoms with Crippen molar-refractivity contribution in [1.82, 2.24) is 0 Å². The Morgan fingerprint density at radius 1 is 0.875 bits per heavy atom. The number of esters is 1. The van der Waals surface area contributed by atoms with Crippen molar-refractivity contribution in [3.63, 3.8) is 0 Å². The molecular formula is C18H18O6. The zero-order valence-electron chi connectivity index (χ0n) is 13.7. The number of hydrogen-bond acceptors (Lipinski definition) is 6. The van der Waals surface area contributed by atoms with Gasteiger partial charge in [-0.05, 0) is 30.3 Å². The van der Waals surface area contributed by atoms with Gasteiger partial charge >= 0.3 is 5.97 Å². The molecule has 6 nitrogen and oxygen atoms in total. The van der Waals surface area contributed by atoms with E-state index in [1.807, 2.05) is 0 Å². The SMILES string of the molecule is COc1cccc(C(=O)OCC(=O)c2ccc(OC)cc2OC)c1. The molecule has 0 atom stereocenters. The number of ether oxygens (including phenoxy) is 4. The van der Waals surface area contributed by atoms with Crippen LogP contribution in [0.3, 0.4) is 0 Å². The van der Waals surface area contributed by atoms with E-state index >= 15 is 0 Å². The largest absolute Gasteiger partial charge is 0.497 e. The van der Waals surface area contributed by atoms with Gasteiger partial charge in [0, 0.05) is 6.07 Å². The molecule has 0 spiro atoms. The van der Waals surface area contributed by atoms with Crippen LogP contribution in [0.2, 0.25) is 0 Å². The van der Waals surface area contributed by atoms with Crippen molar-refractivity contribution in [3.8, 4) is 17.2 Å². The lowest BCUT2D eigenvalue weighted by Crippen LogP contribution is -2.15. The second kappa shape index (κ2) is 8.01. The summed E-state index contributed by atoms with van der Waals surface area (Å²) in [6.45, 7) is -0.390. The highest BCUT2D eigenvalue weighted by Crippen LogP contribution is 2.25. The molecule has 0 saturated heterocycles. The number of Topliss-reactive ketones (excluding diaryl/α,β-unsaturated/α-hetero) is 1. The van der Waals surface area contributed by atoms with Crippen molar-refractivity contribution < 1.29 is 28.5 Å². The topological polar surface area (TPSA) is 71.1 Å². The fourth-order valence-corrected chi connectivity index (χ4v) is 2.07. The third-order valence-electron chi connectivity index (χ3n) is 3.35. The number of methoxy groups -OCH3 is 3. The van der Waals surface area contributed by atoms with Crippen LogP contribution in [0.25, 0.3) is 0 Å². The van der Waals surface area contributed by atoms with Crippen molar-refractivity contribution in [2.45, 2.75) is 0 Å². The van der Waals surface area contributed by atoms with Crippen LogP contribution < -0.4 is 14.2 Å². The molecule has 0 bridgehead atoms. The van der Waals surface area contributed by atoms with E-state index in [1.165, 1.54) is 21.3 Å². The molecule has 0 aromatic heterocycles. The van der Waals surface area contributed by atoms with Gasteiger partial charge in [-0.3, -0.25) is 4.79 Å². The van der Waals surface area contributed by atoms with Crippen molar-refractivity contribution >= 4 is 11.8 Å². The number of rotatable bonds is 7. The van der Waals surface area contributed by atoms with Crippen molar-refractivity contribution in [1.29, 1.82) is 0 Å². The van der Waals surface area contributed by atoms with E-state index in [-0.39, 0.29) is 5.78 Å². The van der Waals surface area contributed by atoms with Crippen molar-refractivity contribution in [2.24, 2.45) is 0 Å². The summed E-state index contributed by atoms with van der Waals surface area (Å²) in [5, 5.41) is 0. The molecule has 0 fully saturated rings. The Bertz CT molecular complexity index is 738. The normalized spacial score (nSPS) is 9.96. The Balaban J connectivity index is 2.06. The van der Waals surface area contributed by atoms with Crippen LogP contribution >= 0.6 is 0 Å². The van der Waals surface area contributed by atoms with Crippen molar-refractivity contribution in [3.05, 3.63) is 53.6 Å². The van der Waals surface area contributed by atoms with Crippen LogP contribution in [0.15, 0.2) is 42.5 Å². The van der Waals surface area contributed by atoms with E-state index < -0.39 is 12.6 Å². The Kier molecular flexibility index (Phi) is 5.78. The summed E-state index contributed by atoms with van der Waals surface area (Å²) in [5.41, 5.74) is 0.626. The van der Waals surface area contributed by atoms with Gasteiger partial charge in [-0.2, -0.15) is 0 Å². The van der Waals surface area contributed by atoms with Gasteiger partial charge in [0.15, 0.2) is 6.61 Å². The highest BCUT2D eigenvalue weighted by atomic mass is 16.5. The van der Waals surface area contributed by atoms with Gasteiger partial charge < -0.3 is 18.9 Å². The highest BCUT2D eigenvalue weighted by Gasteiger charge is 2.16. The molecule has 0 unspecified atom stereocenters. The fraction of sp³-hybridized carbons (Fsp3) is 0.222. The van der Waals surface area contributed by atoms with Crippen LogP contribution in [0.4, 0.5) is 0 Å². The zero-order chi connectivity index (χ0) is 17.5. The molecule has 0 aliphatic rings. The Labute approximate surface area is 139 Å². The standard InChI is InChI=1S/C18H18O6/c1-21-13-6-4-5-12(9-13)18(20)24-11-16(19)15-8-7-14(22-2)10-17(15)23-3/h4-10H,11H2,1-3H3. The van der Waals surface area contributed by atoms with Gasteiger partial charge in [0.2, 0.25) is 5.78 Å². The molecule has 2 rings (SSSR count). The van der Waals surface area contributed by atoms with Crippen molar-refractivity contribution in [2.75, 3.05) is 27.9 Å². The first-order valence-corrected chi connectivity index (χ1v) is 7.15. The molecule has 0 aliphatic carbocycles. The van der Waals surface area contributed by atoms with Gasteiger partial charge in [0.25, 0.3) is 0 Å². The summed E-state index contributed by atoms with van der Waals surface area (Å²) in [5.74, 6) is 0.488. The molecule has 0 N–H and O–H groups in total. The first kappa shape index (κ1) is 17.3. The molecule has 0 radical (unpaired) electrons. The Morgan fingerprint density at radius 2 is 1.58 bits per heavy atom. The lowest BCUT2D eigenvalue weighted by atomic mass is 10.1. The van der Waals surface area contributed by atoms with E-state index in [4.69, 9.17) is 18.9 Å². The zero-order valence-corrected chi connectivity index (χ0v) is 13.7. The fourth-order valence-electron chi connectivity index (χ4n) is 2.07. The van der Waals surface area contributed by atoms with E-state index in [0.717, 1.165) is 0 Å². The number of benzene rings is 2. The lowest BCUT2D eigenvalue weighted by Gasteiger charge is -2.10. The Morgan fingerprint density at radius 3 is 2.25 bits per heavy atom. The van der Waals surface area contributed by atoms with Crippen LogP contribution in [-0.4, -0.2) is 39.7 Å². The smallest absolute Gasteiger partial charge is 0.338 e. The molecule has 2 aromatic carbocycles. The predicted octanol–water partition coefficient (Wildman–Crippen LogP) is 2.75. The summed E-state index contributed by atoms with van der Waals surface area (Å²) in [4.78, 5) is 24.3. The minimum absolute atomic E-state index is 0.309. The summed E-state index contributed by atoms with van der Waals surface area (Å²) in [7, 11) is 4.48. The van der Waals surface area contributed by atoms with Crippen LogP contribution in [-0.2, 0) is 4.74 Å². The quantitative estimate of drug-likeness (QED) is 0.574. The Hall–Kier alpha value is -3.02. The van der Waals surface area contributed by atoms with Gasteiger partial charge in [-0.1, -0.05) is 6.07 Å². The maximum absolute atomic E-state index is 12.3. The van der Waals surface area contributed by atoms with Crippen LogP contribution in [0.1, 0.15) is 20.7 Å². The summed E-state index contributed by atoms with van der Waals surface area (Å²) in [6, 6.07) is 11.3. The van der Waals surface area contributed by atoms with Gasteiger partial charge in [-0.15, -0.1) is 0 Å². The van der Waals surface area contributed by atoms with Gasteiger partial charge in [0.1, 0.15) is 17.2 Å². The molecule has 0 saturated carbocycles. The molecule has 6 heteroatoms. The predicted molar refractivity (Wildman–Crippen MR) is 87.2 cm³/mol. The summed E-state index contributed by atoms with van der Waals surface area (Å²) < 4.78 is 20.4. The molecule has 0 aliphatic heterocycles. The molecule has 2 aromatic rings. The molecular weight excluding hydrogens is 312 g/mol. The average Bonchev–Trinajstić information content (AvgIpc) is 2.65. The number of carbonyl (C=O) groups excluding carboxylic acids is 2. The number of ketones is 1. The average molecular weight is 330 g/mol. The first-order chi connectivity index (χ1) is 11.6. The molecule has 0 heterocycles. The van der Waals surface area contributed by atoms with Gasteiger partial charge in [-0.25, -0.2) is 4.79 Å². The van der Waals surface area contributed by atoms with E-state index in [1.54, 1.807) is 42.5 Å². The minimum Gasteiger partial charge on any atom is -0.497 e. The summed E-state index contributed by atoms with van der Waals surface area (Å²) >= 11 is 0. The maximum atomic E-state index is 12.3. The van der Waals surface area contributed by atoms with Gasteiger partial charge in [0.05, 0.1) is 32.5 Å². The highest BCUT2D eigenvalue weighted by molar-refractivity contribution is 6.01. The van der Waals surface area contributed by atoms with E-state index in [9.17, 15) is 9.59 Å². The number of hydrogen-bond donors (Lipinski definition) is 0. The molecule has 24 heavy (non-hydrogen) atoms. The maximum Gasteiger partial charge on any atom is 0.338 e. The molecule has 126 valence electrons. The van der Waals surface area contributed by atoms with E-state index in [2.05, 4.69) is 0 Å². The number of carbonyl (C=O) groups is 2. The second-order valence-corrected chi connectivity index (χ2v) is 4.80. The summed E-state index contributed by atoms with van der Waals surface area (Å²) in [6.07, 6.45) is 0.